The summed E-state index contributed by atoms with van der Waals surface area (Å²) in [6, 6.07) is 17.0. The van der Waals surface area contributed by atoms with E-state index >= 15 is 0 Å². The Bertz CT molecular complexity index is 1340. The van der Waals surface area contributed by atoms with Gasteiger partial charge in [-0.25, -0.2) is 4.79 Å². The molecule has 0 bridgehead atoms. The van der Waals surface area contributed by atoms with Gasteiger partial charge < -0.3 is 19.9 Å². The van der Waals surface area contributed by atoms with E-state index in [0.29, 0.717) is 34.3 Å². The average molecular weight is 516 g/mol. The highest BCUT2D eigenvalue weighted by Crippen LogP contribution is 2.45. The number of benzene rings is 3. The van der Waals surface area contributed by atoms with E-state index in [1.807, 2.05) is 12.1 Å². The molecule has 3 aromatic carbocycles. The van der Waals surface area contributed by atoms with Gasteiger partial charge in [-0.1, -0.05) is 59.1 Å². The maximum absolute atomic E-state index is 12.7. The molecule has 9 heteroatoms. The molecule has 172 valence electrons. The summed E-state index contributed by atoms with van der Waals surface area (Å²) in [5.74, 6) is -0.410. The Labute approximate surface area is 211 Å². The predicted molar refractivity (Wildman–Crippen MR) is 130 cm³/mol. The van der Waals surface area contributed by atoms with Crippen molar-refractivity contribution in [3.63, 3.8) is 0 Å². The van der Waals surface area contributed by atoms with Gasteiger partial charge in [-0.3, -0.25) is 0 Å². The number of ether oxygens (including phenoxy) is 3. The van der Waals surface area contributed by atoms with Crippen molar-refractivity contribution in [2.45, 2.75) is 12.8 Å². The summed E-state index contributed by atoms with van der Waals surface area (Å²) < 4.78 is 16.6. The van der Waals surface area contributed by atoms with E-state index in [-0.39, 0.29) is 32.8 Å². The summed E-state index contributed by atoms with van der Waals surface area (Å²) in [5, 5.41) is 10.6. The molecule has 34 heavy (non-hydrogen) atoms. The van der Waals surface area contributed by atoms with Crippen LogP contribution in [0.5, 0.6) is 17.2 Å². The van der Waals surface area contributed by atoms with Crippen LogP contribution in [-0.2, 0) is 0 Å². The number of nitriles is 1. The van der Waals surface area contributed by atoms with Crippen LogP contribution < -0.4 is 19.9 Å². The minimum atomic E-state index is -0.675. The lowest BCUT2D eigenvalue weighted by Gasteiger charge is -2.27. The molecule has 0 spiro atoms. The fourth-order valence-corrected chi connectivity index (χ4v) is 4.50. The largest absolute Gasteiger partial charge is 0.491 e. The van der Waals surface area contributed by atoms with E-state index in [1.165, 1.54) is 18.2 Å². The lowest BCUT2D eigenvalue weighted by Crippen LogP contribution is -2.21. The zero-order chi connectivity index (χ0) is 24.4. The van der Waals surface area contributed by atoms with Gasteiger partial charge >= 0.3 is 5.97 Å². The number of carbonyl (C=O) groups is 1. The number of esters is 1. The van der Waals surface area contributed by atoms with E-state index in [2.05, 4.69) is 6.07 Å². The number of hydrogen-bond donors (Lipinski definition) is 1. The van der Waals surface area contributed by atoms with Crippen molar-refractivity contribution in [2.24, 2.45) is 5.73 Å². The van der Waals surface area contributed by atoms with Crippen LogP contribution in [0.3, 0.4) is 0 Å². The van der Waals surface area contributed by atoms with Crippen molar-refractivity contribution in [2.75, 3.05) is 6.61 Å². The monoisotopic (exact) mass is 514 g/mol. The van der Waals surface area contributed by atoms with Crippen LogP contribution in [0, 0.1) is 11.3 Å². The van der Waals surface area contributed by atoms with Crippen LogP contribution in [0.2, 0.25) is 15.1 Å². The SMILES string of the molecule is CCOc1c(Cl)cc(C(=O)Oc2ccc3c(c2)OC(N)=C(C#N)C3c2ccccc2Cl)cc1Cl. The van der Waals surface area contributed by atoms with Gasteiger partial charge in [0.05, 0.1) is 28.1 Å². The van der Waals surface area contributed by atoms with Gasteiger partial charge in [0.25, 0.3) is 0 Å². The molecular formula is C25H17Cl3N2O4. The summed E-state index contributed by atoms with van der Waals surface area (Å²) in [7, 11) is 0. The summed E-state index contributed by atoms with van der Waals surface area (Å²) in [6.45, 7) is 2.17. The molecule has 4 rings (SSSR count). The van der Waals surface area contributed by atoms with Crippen LogP contribution in [0.4, 0.5) is 0 Å². The summed E-state index contributed by atoms with van der Waals surface area (Å²) in [5.41, 5.74) is 7.79. The van der Waals surface area contributed by atoms with Gasteiger partial charge in [-0.15, -0.1) is 0 Å². The van der Waals surface area contributed by atoms with Gasteiger partial charge in [0.15, 0.2) is 5.75 Å². The minimum absolute atomic E-state index is 0.0477. The number of fused-ring (bicyclic) bond motifs is 1. The molecule has 0 saturated carbocycles. The Morgan fingerprint density at radius 2 is 1.76 bits per heavy atom. The molecule has 0 amide bonds. The number of halogens is 3. The normalized spacial score (nSPS) is 14.6. The Morgan fingerprint density at radius 1 is 1.06 bits per heavy atom. The Hall–Kier alpha value is -3.37. The fraction of sp³-hybridized carbons (Fsp3) is 0.120. The quantitative estimate of drug-likeness (QED) is 0.308. The third-order valence-electron chi connectivity index (χ3n) is 5.14. The molecule has 6 nitrogen and oxygen atoms in total. The Kier molecular flexibility index (Phi) is 6.90. The van der Waals surface area contributed by atoms with Gasteiger partial charge in [0, 0.05) is 16.7 Å². The number of hydrogen-bond acceptors (Lipinski definition) is 6. The van der Waals surface area contributed by atoms with Crippen LogP contribution in [0.1, 0.15) is 34.3 Å². The Balaban J connectivity index is 1.67. The topological polar surface area (TPSA) is 94.6 Å². The molecule has 1 atom stereocenters. The second kappa shape index (κ2) is 9.86. The van der Waals surface area contributed by atoms with Crippen molar-refractivity contribution >= 4 is 40.8 Å². The molecule has 0 aliphatic carbocycles. The second-order valence-corrected chi connectivity index (χ2v) is 8.46. The maximum Gasteiger partial charge on any atom is 0.343 e. The van der Waals surface area contributed by atoms with Crippen molar-refractivity contribution in [1.82, 2.24) is 0 Å². The lowest BCUT2D eigenvalue weighted by molar-refractivity contribution is 0.0734. The standard InChI is InChI=1S/C25H17Cl3N2O4/c1-2-32-23-19(27)9-13(10-20(23)28)25(31)33-14-7-8-16-21(11-14)34-24(30)17(12-29)22(16)15-5-3-4-6-18(15)26/h3-11,22H,2,30H2,1H3. The highest BCUT2D eigenvalue weighted by molar-refractivity contribution is 6.37. The van der Waals surface area contributed by atoms with E-state index < -0.39 is 11.9 Å². The molecule has 0 aromatic heterocycles. The minimum Gasteiger partial charge on any atom is -0.491 e. The first kappa shape index (κ1) is 23.8. The summed E-state index contributed by atoms with van der Waals surface area (Å²) in [6.07, 6.45) is 0. The fourth-order valence-electron chi connectivity index (χ4n) is 3.65. The van der Waals surface area contributed by atoms with E-state index in [9.17, 15) is 10.1 Å². The number of nitrogens with zero attached hydrogens (tertiary/aromatic N) is 1. The summed E-state index contributed by atoms with van der Waals surface area (Å²) >= 11 is 18.8. The van der Waals surface area contributed by atoms with Gasteiger partial charge in [-0.05, 0) is 36.8 Å². The molecule has 0 fully saturated rings. The highest BCUT2D eigenvalue weighted by Gasteiger charge is 2.32. The highest BCUT2D eigenvalue weighted by atomic mass is 35.5. The van der Waals surface area contributed by atoms with Gasteiger partial charge in [0.2, 0.25) is 5.88 Å². The molecule has 2 N–H and O–H groups in total. The number of carbonyl (C=O) groups excluding carboxylic acids is 1. The van der Waals surface area contributed by atoms with E-state index in [1.54, 1.807) is 31.2 Å². The Morgan fingerprint density at radius 3 is 2.41 bits per heavy atom. The molecular weight excluding hydrogens is 499 g/mol. The molecule has 1 heterocycles. The molecule has 1 aliphatic rings. The van der Waals surface area contributed by atoms with Crippen LogP contribution in [0.15, 0.2) is 66.1 Å². The third-order valence-corrected chi connectivity index (χ3v) is 6.05. The van der Waals surface area contributed by atoms with Gasteiger partial charge in [-0.2, -0.15) is 5.26 Å². The maximum atomic E-state index is 12.7. The first-order valence-electron chi connectivity index (χ1n) is 10.1. The van der Waals surface area contributed by atoms with Crippen molar-refractivity contribution < 1.29 is 19.0 Å². The first-order chi connectivity index (χ1) is 16.3. The van der Waals surface area contributed by atoms with Gasteiger partial charge in [0.1, 0.15) is 23.1 Å². The second-order valence-electron chi connectivity index (χ2n) is 7.24. The van der Waals surface area contributed by atoms with Crippen LogP contribution in [0.25, 0.3) is 0 Å². The lowest BCUT2D eigenvalue weighted by atomic mass is 9.83. The third kappa shape index (κ3) is 4.51. The molecule has 3 aromatic rings. The van der Waals surface area contributed by atoms with E-state index in [0.717, 1.165) is 0 Å². The average Bonchev–Trinajstić information content (AvgIpc) is 2.80. The summed E-state index contributed by atoms with van der Waals surface area (Å²) in [4.78, 5) is 12.7. The molecule has 1 unspecified atom stereocenters. The van der Waals surface area contributed by atoms with Crippen LogP contribution in [-0.4, -0.2) is 12.6 Å². The predicted octanol–water partition coefficient (Wildman–Crippen LogP) is 6.48. The zero-order valence-corrected chi connectivity index (χ0v) is 20.0. The first-order valence-corrected chi connectivity index (χ1v) is 11.3. The smallest absolute Gasteiger partial charge is 0.343 e. The number of nitrogens with two attached hydrogens (primary N) is 1. The van der Waals surface area contributed by atoms with Crippen molar-refractivity contribution in [1.29, 1.82) is 5.26 Å². The molecule has 1 aliphatic heterocycles. The van der Waals surface area contributed by atoms with Crippen molar-refractivity contribution in [3.05, 3.63) is 97.8 Å². The van der Waals surface area contributed by atoms with Crippen LogP contribution >= 0.6 is 34.8 Å². The van der Waals surface area contributed by atoms with Crippen molar-refractivity contribution in [3.8, 4) is 23.3 Å². The number of allylic oxidation sites excluding steroid dienone is 1. The van der Waals surface area contributed by atoms with E-state index in [4.69, 9.17) is 54.7 Å². The molecule has 0 saturated heterocycles. The molecule has 0 radical (unpaired) electrons. The number of rotatable bonds is 5. The zero-order valence-electron chi connectivity index (χ0n) is 17.8.